The van der Waals surface area contributed by atoms with Crippen molar-refractivity contribution in [2.24, 2.45) is 5.92 Å². The van der Waals surface area contributed by atoms with Gasteiger partial charge in [-0.2, -0.15) is 0 Å². The Morgan fingerprint density at radius 3 is 2.71 bits per heavy atom. The first kappa shape index (κ1) is 15.2. The molecule has 4 N–H and O–H groups in total. The Bertz CT molecular complexity index is 544. The van der Waals surface area contributed by atoms with Gasteiger partial charge in [0, 0.05) is 11.7 Å². The summed E-state index contributed by atoms with van der Waals surface area (Å²) in [5.74, 6) is -0.955. The predicted octanol–water partition coefficient (Wildman–Crippen LogP) is 2.79. The molecule has 21 heavy (non-hydrogen) atoms. The number of hydrogen-bond donors (Lipinski definition) is 4. The number of nitrogens with one attached hydrogen (secondary N) is 2. The number of anilines is 1. The first-order valence-electron chi connectivity index (χ1n) is 7.09. The molecular weight excluding hydrogens is 272 g/mol. The Morgan fingerprint density at radius 1 is 1.29 bits per heavy atom. The van der Waals surface area contributed by atoms with Crippen LogP contribution in [-0.2, 0) is 0 Å². The highest BCUT2D eigenvalue weighted by molar-refractivity contribution is 5.95. The Kier molecular flexibility index (Phi) is 4.67. The van der Waals surface area contributed by atoms with Crippen LogP contribution in [0.2, 0.25) is 0 Å². The average Bonchev–Trinajstić information content (AvgIpc) is 2.40. The minimum Gasteiger partial charge on any atom is -0.507 e. The molecule has 2 atom stereocenters. The number of aromatic carboxylic acids is 1. The van der Waals surface area contributed by atoms with Gasteiger partial charge in [0.05, 0.1) is 0 Å². The Morgan fingerprint density at radius 2 is 2.05 bits per heavy atom. The van der Waals surface area contributed by atoms with E-state index in [0.717, 1.165) is 19.3 Å². The lowest BCUT2D eigenvalue weighted by atomic mass is 9.87. The lowest BCUT2D eigenvalue weighted by molar-refractivity contribution is 0.0693. The lowest BCUT2D eigenvalue weighted by Crippen LogP contribution is -2.40. The summed E-state index contributed by atoms with van der Waals surface area (Å²) in [5.41, 5.74) is 0.102. The van der Waals surface area contributed by atoms with Crippen LogP contribution in [0.4, 0.5) is 10.5 Å². The first-order valence-corrected chi connectivity index (χ1v) is 7.09. The smallest absolute Gasteiger partial charge is 0.339 e. The third kappa shape index (κ3) is 4.11. The number of carboxylic acids is 1. The zero-order valence-electron chi connectivity index (χ0n) is 11.9. The lowest BCUT2D eigenvalue weighted by Gasteiger charge is -2.27. The van der Waals surface area contributed by atoms with Crippen LogP contribution < -0.4 is 10.6 Å². The maximum atomic E-state index is 11.9. The summed E-state index contributed by atoms with van der Waals surface area (Å²) in [6.45, 7) is 2.17. The fraction of sp³-hybridized carbons (Fsp3) is 0.467. The molecule has 0 spiro atoms. The molecule has 0 aromatic heterocycles. The molecule has 2 amide bonds. The number of urea groups is 1. The molecule has 1 aromatic rings. The molecular formula is C15H20N2O4. The highest BCUT2D eigenvalue weighted by atomic mass is 16.4. The minimum atomic E-state index is -1.24. The number of benzene rings is 1. The van der Waals surface area contributed by atoms with Crippen LogP contribution in [0.15, 0.2) is 18.2 Å². The van der Waals surface area contributed by atoms with Gasteiger partial charge in [0.1, 0.15) is 11.3 Å². The van der Waals surface area contributed by atoms with Gasteiger partial charge >= 0.3 is 12.0 Å². The average molecular weight is 292 g/mol. The molecule has 114 valence electrons. The number of carbonyl (C=O) groups excluding carboxylic acids is 1. The van der Waals surface area contributed by atoms with Crippen LogP contribution in [0.25, 0.3) is 0 Å². The molecule has 0 radical (unpaired) electrons. The van der Waals surface area contributed by atoms with Crippen molar-refractivity contribution in [1.82, 2.24) is 5.32 Å². The van der Waals surface area contributed by atoms with Gasteiger partial charge in [-0.25, -0.2) is 9.59 Å². The summed E-state index contributed by atoms with van der Waals surface area (Å²) >= 11 is 0. The van der Waals surface area contributed by atoms with E-state index >= 15 is 0 Å². The second-order valence-corrected chi connectivity index (χ2v) is 5.60. The van der Waals surface area contributed by atoms with Crippen molar-refractivity contribution in [2.45, 2.75) is 38.6 Å². The number of phenols is 1. The van der Waals surface area contributed by atoms with Gasteiger partial charge < -0.3 is 20.8 Å². The van der Waals surface area contributed by atoms with Crippen LogP contribution in [0.5, 0.6) is 5.75 Å². The number of rotatable bonds is 3. The largest absolute Gasteiger partial charge is 0.507 e. The third-order valence-electron chi connectivity index (χ3n) is 3.76. The number of carboxylic acid groups (broad SMARTS) is 1. The molecule has 0 heterocycles. The van der Waals surface area contributed by atoms with Crippen molar-refractivity contribution >= 4 is 17.7 Å². The molecule has 0 saturated heterocycles. The fourth-order valence-corrected chi connectivity index (χ4v) is 2.70. The minimum absolute atomic E-state index is 0.157. The van der Waals surface area contributed by atoms with Crippen molar-refractivity contribution in [3.05, 3.63) is 23.8 Å². The summed E-state index contributed by atoms with van der Waals surface area (Å²) in [6, 6.07) is 3.76. The van der Waals surface area contributed by atoms with Crippen LogP contribution in [-0.4, -0.2) is 28.3 Å². The van der Waals surface area contributed by atoms with E-state index in [1.807, 2.05) is 0 Å². The van der Waals surface area contributed by atoms with E-state index in [-0.39, 0.29) is 23.4 Å². The van der Waals surface area contributed by atoms with Crippen molar-refractivity contribution < 1.29 is 19.8 Å². The molecule has 2 unspecified atom stereocenters. The second kappa shape index (κ2) is 6.47. The van der Waals surface area contributed by atoms with Crippen LogP contribution in [0.3, 0.4) is 0 Å². The first-order chi connectivity index (χ1) is 9.95. The molecule has 1 aliphatic carbocycles. The number of carbonyl (C=O) groups is 2. The highest BCUT2D eigenvalue weighted by Gasteiger charge is 2.20. The molecule has 1 fully saturated rings. The zero-order chi connectivity index (χ0) is 15.4. The second-order valence-electron chi connectivity index (χ2n) is 5.60. The summed E-state index contributed by atoms with van der Waals surface area (Å²) in [7, 11) is 0. The van der Waals surface area contributed by atoms with Gasteiger partial charge in [0.2, 0.25) is 0 Å². The van der Waals surface area contributed by atoms with Crippen molar-refractivity contribution in [3.8, 4) is 5.75 Å². The van der Waals surface area contributed by atoms with Crippen molar-refractivity contribution in [3.63, 3.8) is 0 Å². The zero-order valence-corrected chi connectivity index (χ0v) is 11.9. The van der Waals surface area contributed by atoms with E-state index < -0.39 is 5.97 Å². The van der Waals surface area contributed by atoms with E-state index in [0.29, 0.717) is 11.6 Å². The number of aromatic hydroxyl groups is 1. The van der Waals surface area contributed by atoms with Crippen LogP contribution in [0, 0.1) is 5.92 Å². The summed E-state index contributed by atoms with van der Waals surface area (Å²) < 4.78 is 0. The molecule has 1 aromatic carbocycles. The van der Waals surface area contributed by atoms with Gasteiger partial charge in [0.25, 0.3) is 0 Å². The molecule has 1 saturated carbocycles. The Labute approximate surface area is 123 Å². The highest BCUT2D eigenvalue weighted by Crippen LogP contribution is 2.24. The Balaban J connectivity index is 1.96. The monoisotopic (exact) mass is 292 g/mol. The molecule has 0 aliphatic heterocycles. The van der Waals surface area contributed by atoms with Gasteiger partial charge in [0.15, 0.2) is 0 Å². The van der Waals surface area contributed by atoms with E-state index in [9.17, 15) is 14.7 Å². The van der Waals surface area contributed by atoms with Gasteiger partial charge in [-0.1, -0.05) is 19.8 Å². The fourth-order valence-electron chi connectivity index (χ4n) is 2.70. The standard InChI is InChI=1S/C15H20N2O4/c1-9-3-2-4-10(7-9)16-15(21)17-11-5-6-13(18)12(8-11)14(19)20/h5-6,8-10,18H,2-4,7H2,1H3,(H,19,20)(H2,16,17,21). The third-order valence-corrected chi connectivity index (χ3v) is 3.76. The van der Waals surface area contributed by atoms with E-state index in [2.05, 4.69) is 17.6 Å². The van der Waals surface area contributed by atoms with Gasteiger partial charge in [-0.15, -0.1) is 0 Å². The van der Waals surface area contributed by atoms with E-state index in [1.165, 1.54) is 24.6 Å². The van der Waals surface area contributed by atoms with Crippen molar-refractivity contribution in [2.75, 3.05) is 5.32 Å². The topological polar surface area (TPSA) is 98.7 Å². The van der Waals surface area contributed by atoms with Crippen LogP contribution >= 0.6 is 0 Å². The quantitative estimate of drug-likeness (QED) is 0.644. The predicted molar refractivity (Wildman–Crippen MR) is 78.6 cm³/mol. The van der Waals surface area contributed by atoms with E-state index in [4.69, 9.17) is 5.11 Å². The molecule has 2 rings (SSSR count). The molecule has 0 bridgehead atoms. The molecule has 6 nitrogen and oxygen atoms in total. The number of hydrogen-bond acceptors (Lipinski definition) is 3. The maximum Gasteiger partial charge on any atom is 0.339 e. The Hall–Kier alpha value is -2.24. The summed E-state index contributed by atoms with van der Waals surface area (Å²) in [6.07, 6.45) is 4.23. The SMILES string of the molecule is CC1CCCC(NC(=O)Nc2ccc(O)c(C(=O)O)c2)C1. The normalized spacial score (nSPS) is 21.6. The van der Waals surface area contributed by atoms with Gasteiger partial charge in [-0.3, -0.25) is 0 Å². The summed E-state index contributed by atoms with van der Waals surface area (Å²) in [5, 5.41) is 23.8. The molecule has 6 heteroatoms. The van der Waals surface area contributed by atoms with Crippen LogP contribution in [0.1, 0.15) is 43.0 Å². The maximum absolute atomic E-state index is 11.9. The molecule has 1 aliphatic rings. The van der Waals surface area contributed by atoms with E-state index in [1.54, 1.807) is 0 Å². The number of amides is 2. The summed E-state index contributed by atoms with van der Waals surface area (Å²) in [4.78, 5) is 22.8. The van der Waals surface area contributed by atoms with Crippen molar-refractivity contribution in [1.29, 1.82) is 0 Å². The van der Waals surface area contributed by atoms with Gasteiger partial charge in [-0.05, 0) is 37.0 Å².